The third kappa shape index (κ3) is 4.15. The lowest BCUT2D eigenvalue weighted by Crippen LogP contribution is -2.21. The fourth-order valence-corrected chi connectivity index (χ4v) is 4.11. The van der Waals surface area contributed by atoms with Gasteiger partial charge >= 0.3 is 0 Å². The summed E-state index contributed by atoms with van der Waals surface area (Å²) in [5, 5.41) is 9.94. The maximum absolute atomic E-state index is 12.5. The molecule has 8 nitrogen and oxygen atoms in total. The lowest BCUT2D eigenvalue weighted by Gasteiger charge is -2.08. The minimum atomic E-state index is -0.278. The van der Waals surface area contributed by atoms with Crippen LogP contribution in [0.5, 0.6) is 17.2 Å². The number of hydrogen-bond donors (Lipinski definition) is 1. The first-order chi connectivity index (χ1) is 15.5. The fraction of sp³-hybridized carbons (Fsp3) is 0.174. The van der Waals surface area contributed by atoms with Crippen LogP contribution in [0.2, 0.25) is 0 Å². The van der Waals surface area contributed by atoms with Gasteiger partial charge in [0, 0.05) is 17.0 Å². The van der Waals surface area contributed by atoms with E-state index in [2.05, 4.69) is 10.4 Å². The maximum Gasteiger partial charge on any atom is 0.263 e. The van der Waals surface area contributed by atoms with E-state index < -0.39 is 0 Å². The summed E-state index contributed by atoms with van der Waals surface area (Å²) in [6, 6.07) is 15.1. The lowest BCUT2D eigenvalue weighted by atomic mass is 10.1. The second-order valence-corrected chi connectivity index (χ2v) is 8.16. The Bertz CT molecular complexity index is 1300. The monoisotopic (exact) mass is 448 g/mol. The van der Waals surface area contributed by atoms with Crippen LogP contribution in [0.4, 0.5) is 5.82 Å². The molecule has 0 saturated heterocycles. The molecular weight excluding hydrogens is 428 g/mol. The van der Waals surface area contributed by atoms with Crippen LogP contribution in [0.3, 0.4) is 0 Å². The minimum absolute atomic E-state index is 0.103. The standard InChI is InChI=1S/C23H20N4O4S/c1-14-4-3-5-17(8-14)29-11-22(28)25-21-9-15(2)26-27(21)23-24-18(12-32-23)16-6-7-19-20(10-16)31-13-30-19/h3-10,12H,11,13H2,1-2H3,(H,25,28). The predicted molar refractivity (Wildman–Crippen MR) is 121 cm³/mol. The van der Waals surface area contributed by atoms with E-state index in [0.29, 0.717) is 22.4 Å². The third-order valence-corrected chi connectivity index (χ3v) is 5.62. The molecule has 0 saturated carbocycles. The van der Waals surface area contributed by atoms with Gasteiger partial charge in [-0.05, 0) is 49.7 Å². The Kier molecular flexibility index (Phi) is 5.24. The molecule has 1 N–H and O–H groups in total. The second-order valence-electron chi connectivity index (χ2n) is 7.32. The fourth-order valence-electron chi connectivity index (χ4n) is 3.32. The van der Waals surface area contributed by atoms with E-state index in [9.17, 15) is 4.79 Å². The second kappa shape index (κ2) is 8.35. The quantitative estimate of drug-likeness (QED) is 0.472. The molecule has 0 bridgehead atoms. The Morgan fingerprint density at radius 3 is 2.91 bits per heavy atom. The molecule has 2 aromatic carbocycles. The summed E-state index contributed by atoms with van der Waals surface area (Å²) in [5.41, 5.74) is 3.53. The van der Waals surface area contributed by atoms with Gasteiger partial charge in [-0.3, -0.25) is 4.79 Å². The number of benzene rings is 2. The molecule has 9 heteroatoms. The zero-order chi connectivity index (χ0) is 22.1. The van der Waals surface area contributed by atoms with Crippen molar-refractivity contribution in [1.82, 2.24) is 14.8 Å². The molecule has 0 spiro atoms. The van der Waals surface area contributed by atoms with Gasteiger partial charge in [-0.15, -0.1) is 11.3 Å². The lowest BCUT2D eigenvalue weighted by molar-refractivity contribution is -0.118. The van der Waals surface area contributed by atoms with E-state index >= 15 is 0 Å². The number of nitrogens with zero attached hydrogens (tertiary/aromatic N) is 3. The number of thiazole rings is 1. The van der Waals surface area contributed by atoms with Crippen LogP contribution >= 0.6 is 11.3 Å². The number of ether oxygens (including phenoxy) is 3. The van der Waals surface area contributed by atoms with Crippen LogP contribution in [0.25, 0.3) is 16.4 Å². The predicted octanol–water partition coefficient (Wildman–Crippen LogP) is 4.36. The summed E-state index contributed by atoms with van der Waals surface area (Å²) in [7, 11) is 0. The molecule has 1 aliphatic rings. The first-order valence-corrected chi connectivity index (χ1v) is 10.8. The van der Waals surface area contributed by atoms with Crippen molar-refractivity contribution in [1.29, 1.82) is 0 Å². The smallest absolute Gasteiger partial charge is 0.263 e. The van der Waals surface area contributed by atoms with Crippen LogP contribution in [-0.2, 0) is 4.79 Å². The number of amides is 1. The van der Waals surface area contributed by atoms with E-state index in [1.165, 1.54) is 11.3 Å². The molecule has 32 heavy (non-hydrogen) atoms. The molecule has 0 unspecified atom stereocenters. The van der Waals surface area contributed by atoms with Crippen LogP contribution < -0.4 is 19.5 Å². The molecule has 1 aliphatic heterocycles. The van der Waals surface area contributed by atoms with Crippen LogP contribution in [-0.4, -0.2) is 34.1 Å². The van der Waals surface area contributed by atoms with Gasteiger partial charge in [0.25, 0.3) is 5.91 Å². The number of aryl methyl sites for hydroxylation is 2. The number of hydrogen-bond acceptors (Lipinski definition) is 7. The van der Waals surface area contributed by atoms with Gasteiger partial charge < -0.3 is 19.5 Å². The highest BCUT2D eigenvalue weighted by Gasteiger charge is 2.17. The number of aromatic nitrogens is 3. The van der Waals surface area contributed by atoms with E-state index in [0.717, 1.165) is 28.3 Å². The summed E-state index contributed by atoms with van der Waals surface area (Å²) >= 11 is 1.43. The number of carbonyl (C=O) groups excluding carboxylic acids is 1. The van der Waals surface area contributed by atoms with Gasteiger partial charge in [-0.2, -0.15) is 9.78 Å². The van der Waals surface area contributed by atoms with Crippen molar-refractivity contribution in [3.05, 3.63) is 65.2 Å². The highest BCUT2D eigenvalue weighted by molar-refractivity contribution is 7.12. The Morgan fingerprint density at radius 2 is 2.03 bits per heavy atom. The molecule has 0 aliphatic carbocycles. The summed E-state index contributed by atoms with van der Waals surface area (Å²) in [4.78, 5) is 17.2. The summed E-state index contributed by atoms with van der Waals surface area (Å²) in [6.07, 6.45) is 0. The summed E-state index contributed by atoms with van der Waals surface area (Å²) < 4.78 is 18.0. The van der Waals surface area contributed by atoms with Gasteiger partial charge in [-0.25, -0.2) is 4.98 Å². The number of rotatable bonds is 6. The Hall–Kier alpha value is -3.85. The number of fused-ring (bicyclic) bond motifs is 1. The van der Waals surface area contributed by atoms with Crippen molar-refractivity contribution < 1.29 is 19.0 Å². The average molecular weight is 449 g/mol. The van der Waals surface area contributed by atoms with Crippen molar-refractivity contribution in [2.24, 2.45) is 0 Å². The van der Waals surface area contributed by atoms with Crippen molar-refractivity contribution in [2.45, 2.75) is 13.8 Å². The maximum atomic E-state index is 12.5. The largest absolute Gasteiger partial charge is 0.484 e. The average Bonchev–Trinajstić information content (AvgIpc) is 3.51. The SMILES string of the molecule is Cc1cccc(OCC(=O)Nc2cc(C)nn2-c2nc(-c3ccc4c(c3)OCO4)cs2)c1. The van der Waals surface area contributed by atoms with Crippen LogP contribution in [0, 0.1) is 13.8 Å². The Labute approximate surface area is 188 Å². The molecule has 2 aromatic heterocycles. The number of nitrogens with one attached hydrogen (secondary N) is 1. The van der Waals surface area contributed by atoms with Crippen molar-refractivity contribution in [3.63, 3.8) is 0 Å². The molecule has 5 rings (SSSR count). The first kappa shape index (κ1) is 20.1. The van der Waals surface area contributed by atoms with Crippen LogP contribution in [0.1, 0.15) is 11.3 Å². The number of carbonyl (C=O) groups is 1. The number of anilines is 1. The Balaban J connectivity index is 1.32. The highest BCUT2D eigenvalue weighted by atomic mass is 32.1. The molecular formula is C23H20N4O4S. The van der Waals surface area contributed by atoms with Gasteiger partial charge in [0.15, 0.2) is 18.1 Å². The topological polar surface area (TPSA) is 87.5 Å². The van der Waals surface area contributed by atoms with E-state index in [1.54, 1.807) is 10.7 Å². The normalized spacial score (nSPS) is 12.1. The van der Waals surface area contributed by atoms with Crippen molar-refractivity contribution in [2.75, 3.05) is 18.7 Å². The zero-order valence-electron chi connectivity index (χ0n) is 17.5. The molecule has 3 heterocycles. The zero-order valence-corrected chi connectivity index (χ0v) is 18.3. The van der Waals surface area contributed by atoms with E-state index in [-0.39, 0.29) is 19.3 Å². The van der Waals surface area contributed by atoms with Gasteiger partial charge in [0.2, 0.25) is 11.9 Å². The third-order valence-electron chi connectivity index (χ3n) is 4.80. The molecule has 162 valence electrons. The van der Waals surface area contributed by atoms with Crippen LogP contribution in [0.15, 0.2) is 53.9 Å². The first-order valence-electron chi connectivity index (χ1n) is 9.97. The molecule has 0 radical (unpaired) electrons. The molecule has 1 amide bonds. The van der Waals surface area contributed by atoms with E-state index in [1.807, 2.05) is 61.7 Å². The molecule has 0 atom stereocenters. The van der Waals surface area contributed by atoms with Gasteiger partial charge in [-0.1, -0.05) is 12.1 Å². The van der Waals surface area contributed by atoms with Gasteiger partial charge in [0.05, 0.1) is 11.4 Å². The summed E-state index contributed by atoms with van der Waals surface area (Å²) in [6.45, 7) is 3.96. The van der Waals surface area contributed by atoms with Crippen molar-refractivity contribution >= 4 is 23.1 Å². The van der Waals surface area contributed by atoms with Crippen molar-refractivity contribution in [3.8, 4) is 33.6 Å². The summed E-state index contributed by atoms with van der Waals surface area (Å²) in [5.74, 6) is 2.34. The van der Waals surface area contributed by atoms with E-state index in [4.69, 9.17) is 19.2 Å². The molecule has 0 fully saturated rings. The van der Waals surface area contributed by atoms with Gasteiger partial charge in [0.1, 0.15) is 11.6 Å². The highest BCUT2D eigenvalue weighted by Crippen LogP contribution is 2.36. The Morgan fingerprint density at radius 1 is 1.16 bits per heavy atom. The minimum Gasteiger partial charge on any atom is -0.484 e. The molecule has 4 aromatic rings.